The normalized spacial score (nSPS) is 18.0. The highest BCUT2D eigenvalue weighted by atomic mass is 16.5. The molecule has 1 aliphatic heterocycles. The predicted octanol–water partition coefficient (Wildman–Crippen LogP) is 2.69. The highest BCUT2D eigenvalue weighted by molar-refractivity contribution is 5.90. The molecule has 3 heteroatoms. The maximum atomic E-state index is 12.4. The average Bonchev–Trinajstić information content (AvgIpc) is 2.48. The van der Waals surface area contributed by atoms with E-state index in [1.165, 1.54) is 0 Å². The summed E-state index contributed by atoms with van der Waals surface area (Å²) in [4.78, 5) is 12.4. The van der Waals surface area contributed by atoms with Crippen LogP contribution in [0, 0.1) is 0 Å². The fourth-order valence-corrected chi connectivity index (χ4v) is 2.96. The molecule has 0 amide bonds. The number of Topliss-reactive ketones (excluding diaryl/α,β-unsaturated/α-hetero) is 1. The van der Waals surface area contributed by atoms with Crippen LogP contribution in [-0.4, -0.2) is 25.5 Å². The van der Waals surface area contributed by atoms with Crippen molar-refractivity contribution < 1.29 is 9.53 Å². The minimum absolute atomic E-state index is 0.287. The van der Waals surface area contributed by atoms with E-state index in [1.807, 2.05) is 26.0 Å². The predicted molar refractivity (Wildman–Crippen MR) is 76.7 cm³/mol. The van der Waals surface area contributed by atoms with Crippen LogP contribution in [0.1, 0.15) is 38.7 Å². The minimum Gasteiger partial charge on any atom is -0.494 e. The van der Waals surface area contributed by atoms with Crippen LogP contribution >= 0.6 is 0 Å². The van der Waals surface area contributed by atoms with Gasteiger partial charge in [0.15, 0.2) is 0 Å². The standard InChI is InChI=1S/C16H23NO2/c1-3-15(18)16(9-11-17-12-10-16)13-5-7-14(8-6-13)19-4-2/h5-8,17H,3-4,9-12H2,1-2H3. The molecule has 0 spiro atoms. The third-order valence-corrected chi connectivity index (χ3v) is 4.03. The van der Waals surface area contributed by atoms with E-state index in [1.54, 1.807) is 0 Å². The van der Waals surface area contributed by atoms with Gasteiger partial charge in [-0.25, -0.2) is 0 Å². The molecule has 2 rings (SSSR count). The zero-order valence-corrected chi connectivity index (χ0v) is 11.9. The molecule has 19 heavy (non-hydrogen) atoms. The molecule has 1 aromatic rings. The maximum absolute atomic E-state index is 12.4. The summed E-state index contributed by atoms with van der Waals surface area (Å²) in [6.45, 7) is 6.43. The molecule has 104 valence electrons. The number of benzene rings is 1. The number of hydrogen-bond acceptors (Lipinski definition) is 3. The highest BCUT2D eigenvalue weighted by Crippen LogP contribution is 2.36. The van der Waals surface area contributed by atoms with Gasteiger partial charge < -0.3 is 10.1 Å². The van der Waals surface area contributed by atoms with Crippen molar-refractivity contribution in [3.8, 4) is 5.75 Å². The molecule has 1 aromatic carbocycles. The topological polar surface area (TPSA) is 38.3 Å². The summed E-state index contributed by atoms with van der Waals surface area (Å²) in [5.74, 6) is 1.23. The molecular weight excluding hydrogens is 238 g/mol. The fraction of sp³-hybridized carbons (Fsp3) is 0.562. The lowest BCUT2D eigenvalue weighted by molar-refractivity contribution is -0.125. The Hall–Kier alpha value is -1.35. The molecule has 0 radical (unpaired) electrons. The first-order valence-electron chi connectivity index (χ1n) is 7.20. The number of carbonyl (C=O) groups excluding carboxylic acids is 1. The van der Waals surface area contributed by atoms with Gasteiger partial charge in [-0.3, -0.25) is 4.79 Å². The Morgan fingerprint density at radius 1 is 1.21 bits per heavy atom. The first kappa shape index (κ1) is 14.1. The first-order chi connectivity index (χ1) is 9.23. The summed E-state index contributed by atoms with van der Waals surface area (Å²) in [6.07, 6.45) is 2.40. The Morgan fingerprint density at radius 2 is 1.84 bits per heavy atom. The molecular formula is C16H23NO2. The minimum atomic E-state index is -0.287. The summed E-state index contributed by atoms with van der Waals surface area (Å²) >= 11 is 0. The van der Waals surface area contributed by atoms with Crippen molar-refractivity contribution in [1.82, 2.24) is 5.32 Å². The molecule has 0 saturated carbocycles. The Bertz CT molecular complexity index is 419. The zero-order valence-electron chi connectivity index (χ0n) is 11.9. The van der Waals surface area contributed by atoms with E-state index in [0.717, 1.165) is 37.2 Å². The second-order valence-corrected chi connectivity index (χ2v) is 5.07. The average molecular weight is 261 g/mol. The lowest BCUT2D eigenvalue weighted by atomic mass is 9.69. The molecule has 3 nitrogen and oxygen atoms in total. The number of carbonyl (C=O) groups is 1. The SMILES string of the molecule is CCOc1ccc(C2(C(=O)CC)CCNCC2)cc1. The van der Waals surface area contributed by atoms with Crippen molar-refractivity contribution in [1.29, 1.82) is 0 Å². The van der Waals surface area contributed by atoms with Crippen molar-refractivity contribution >= 4 is 5.78 Å². The van der Waals surface area contributed by atoms with Crippen molar-refractivity contribution in [2.75, 3.05) is 19.7 Å². The number of nitrogens with one attached hydrogen (secondary N) is 1. The van der Waals surface area contributed by atoms with Crippen molar-refractivity contribution in [2.24, 2.45) is 0 Å². The summed E-state index contributed by atoms with van der Waals surface area (Å²) < 4.78 is 5.47. The molecule has 1 N–H and O–H groups in total. The smallest absolute Gasteiger partial charge is 0.143 e. The molecule has 1 heterocycles. The van der Waals surface area contributed by atoms with Crippen molar-refractivity contribution in [3.05, 3.63) is 29.8 Å². The van der Waals surface area contributed by atoms with E-state index in [-0.39, 0.29) is 5.41 Å². The van der Waals surface area contributed by atoms with Gasteiger partial charge in [0.2, 0.25) is 0 Å². The van der Waals surface area contributed by atoms with Gasteiger partial charge in [0.05, 0.1) is 12.0 Å². The van der Waals surface area contributed by atoms with Gasteiger partial charge >= 0.3 is 0 Å². The quantitative estimate of drug-likeness (QED) is 0.885. The number of ketones is 1. The maximum Gasteiger partial charge on any atom is 0.143 e. The first-order valence-corrected chi connectivity index (χ1v) is 7.20. The van der Waals surface area contributed by atoms with E-state index in [0.29, 0.717) is 18.8 Å². The van der Waals surface area contributed by atoms with Crippen molar-refractivity contribution in [3.63, 3.8) is 0 Å². The lowest BCUT2D eigenvalue weighted by Gasteiger charge is -2.36. The van der Waals surface area contributed by atoms with Gasteiger partial charge in [0.25, 0.3) is 0 Å². The van der Waals surface area contributed by atoms with Crippen LogP contribution in [0.25, 0.3) is 0 Å². The Kier molecular flexibility index (Phi) is 4.59. The van der Waals surface area contributed by atoms with E-state index in [4.69, 9.17) is 4.74 Å². The van der Waals surface area contributed by atoms with Crippen LogP contribution in [0.2, 0.25) is 0 Å². The molecule has 1 fully saturated rings. The summed E-state index contributed by atoms with van der Waals surface area (Å²) in [7, 11) is 0. The molecule has 0 aliphatic carbocycles. The summed E-state index contributed by atoms with van der Waals surface area (Å²) in [6, 6.07) is 8.07. The Morgan fingerprint density at radius 3 is 2.37 bits per heavy atom. The van der Waals surface area contributed by atoms with Gasteiger partial charge in [-0.05, 0) is 50.6 Å². The third kappa shape index (κ3) is 2.81. The van der Waals surface area contributed by atoms with Gasteiger partial charge in [0, 0.05) is 6.42 Å². The molecule has 0 aromatic heterocycles. The second kappa shape index (κ2) is 6.20. The Labute approximate surface area is 115 Å². The van der Waals surface area contributed by atoms with Crippen LogP contribution in [0.15, 0.2) is 24.3 Å². The van der Waals surface area contributed by atoms with Crippen LogP contribution in [-0.2, 0) is 10.2 Å². The summed E-state index contributed by atoms with van der Waals surface area (Å²) in [5.41, 5.74) is 0.856. The van der Waals surface area contributed by atoms with Gasteiger partial charge in [-0.2, -0.15) is 0 Å². The molecule has 1 aliphatic rings. The second-order valence-electron chi connectivity index (χ2n) is 5.07. The van der Waals surface area contributed by atoms with Gasteiger partial charge in [-0.1, -0.05) is 19.1 Å². The molecule has 0 atom stereocenters. The zero-order chi connectivity index (χ0) is 13.7. The lowest BCUT2D eigenvalue weighted by Crippen LogP contribution is -2.45. The number of rotatable bonds is 5. The monoisotopic (exact) mass is 261 g/mol. The van der Waals surface area contributed by atoms with E-state index >= 15 is 0 Å². The molecule has 1 saturated heterocycles. The number of ether oxygens (including phenoxy) is 1. The Balaban J connectivity index is 2.29. The number of hydrogen-bond donors (Lipinski definition) is 1. The third-order valence-electron chi connectivity index (χ3n) is 4.03. The number of piperidine rings is 1. The fourth-order valence-electron chi connectivity index (χ4n) is 2.96. The summed E-state index contributed by atoms with van der Waals surface area (Å²) in [5, 5.41) is 3.34. The van der Waals surface area contributed by atoms with Crippen LogP contribution in [0.5, 0.6) is 5.75 Å². The molecule has 0 unspecified atom stereocenters. The van der Waals surface area contributed by atoms with E-state index in [2.05, 4.69) is 17.4 Å². The van der Waals surface area contributed by atoms with Crippen molar-refractivity contribution in [2.45, 2.75) is 38.5 Å². The van der Waals surface area contributed by atoms with Gasteiger partial charge in [0.1, 0.15) is 11.5 Å². The van der Waals surface area contributed by atoms with E-state index in [9.17, 15) is 4.79 Å². The van der Waals surface area contributed by atoms with Gasteiger partial charge in [-0.15, -0.1) is 0 Å². The molecule has 0 bridgehead atoms. The van der Waals surface area contributed by atoms with Crippen LogP contribution in [0.3, 0.4) is 0 Å². The van der Waals surface area contributed by atoms with Crippen LogP contribution < -0.4 is 10.1 Å². The largest absolute Gasteiger partial charge is 0.494 e. The van der Waals surface area contributed by atoms with E-state index < -0.39 is 0 Å². The highest BCUT2D eigenvalue weighted by Gasteiger charge is 2.39. The van der Waals surface area contributed by atoms with Crippen LogP contribution in [0.4, 0.5) is 0 Å².